The number of para-hydroxylation sites is 1. The van der Waals surface area contributed by atoms with Gasteiger partial charge in [-0.25, -0.2) is 12.8 Å². The fourth-order valence-corrected chi connectivity index (χ4v) is 6.69. The predicted molar refractivity (Wildman–Crippen MR) is 133 cm³/mol. The van der Waals surface area contributed by atoms with Crippen LogP contribution >= 0.6 is 11.3 Å². The number of thiophene rings is 1. The number of sulfonamides is 1. The van der Waals surface area contributed by atoms with Crippen LogP contribution in [-0.4, -0.2) is 26.6 Å². The molecule has 1 fully saturated rings. The zero-order valence-electron chi connectivity index (χ0n) is 18.0. The molecule has 1 N–H and O–H groups in total. The lowest BCUT2D eigenvalue weighted by atomic mass is 10.1. The highest BCUT2D eigenvalue weighted by molar-refractivity contribution is 7.93. The molecule has 0 unspecified atom stereocenters. The van der Waals surface area contributed by atoms with E-state index in [-0.39, 0.29) is 12.4 Å². The van der Waals surface area contributed by atoms with Crippen molar-refractivity contribution in [2.45, 2.75) is 13.0 Å². The number of carbonyl (C=O) groups excluding carboxylic acids is 1. The third kappa shape index (κ3) is 4.36. The molecule has 1 aliphatic heterocycles. The maximum absolute atomic E-state index is 14.7. The van der Waals surface area contributed by atoms with Crippen molar-refractivity contribution in [1.82, 2.24) is 0 Å². The van der Waals surface area contributed by atoms with E-state index < -0.39 is 21.7 Å². The molecular weight excluding hydrogens is 475 g/mol. The van der Waals surface area contributed by atoms with Gasteiger partial charge in [0, 0.05) is 27.9 Å². The fourth-order valence-electron chi connectivity index (χ4n) is 4.02. The van der Waals surface area contributed by atoms with Gasteiger partial charge >= 0.3 is 0 Å². The van der Waals surface area contributed by atoms with Gasteiger partial charge < -0.3 is 10.1 Å². The number of anilines is 2. The van der Waals surface area contributed by atoms with Crippen molar-refractivity contribution in [2.24, 2.45) is 0 Å². The quantitative estimate of drug-likeness (QED) is 0.387. The summed E-state index contributed by atoms with van der Waals surface area (Å²) in [6.07, 6.45) is 0.567. The average molecular weight is 497 g/mol. The van der Waals surface area contributed by atoms with E-state index in [9.17, 15) is 17.6 Å². The van der Waals surface area contributed by atoms with Crippen LogP contribution in [-0.2, 0) is 16.6 Å². The number of fused-ring (bicyclic) bond motifs is 1. The molecule has 5 rings (SSSR count). The van der Waals surface area contributed by atoms with E-state index in [2.05, 4.69) is 5.32 Å². The average Bonchev–Trinajstić information content (AvgIpc) is 3.39. The third-order valence-electron chi connectivity index (χ3n) is 5.59. The minimum absolute atomic E-state index is 0.0275. The Morgan fingerprint density at radius 1 is 1.06 bits per heavy atom. The van der Waals surface area contributed by atoms with Crippen LogP contribution in [0.1, 0.15) is 21.7 Å². The molecule has 2 heterocycles. The summed E-state index contributed by atoms with van der Waals surface area (Å²) in [7, 11) is -3.34. The van der Waals surface area contributed by atoms with E-state index >= 15 is 0 Å². The van der Waals surface area contributed by atoms with Crippen molar-refractivity contribution in [3.8, 4) is 5.75 Å². The number of nitrogens with zero attached hydrogens (tertiary/aromatic N) is 1. The molecule has 0 saturated carbocycles. The summed E-state index contributed by atoms with van der Waals surface area (Å²) >= 11 is 1.19. The number of nitrogens with one attached hydrogen (secondary N) is 1. The maximum Gasteiger partial charge on any atom is 0.266 e. The van der Waals surface area contributed by atoms with Crippen LogP contribution in [0.15, 0.2) is 72.8 Å². The van der Waals surface area contributed by atoms with E-state index in [1.54, 1.807) is 48.5 Å². The van der Waals surface area contributed by atoms with E-state index in [1.807, 2.05) is 18.2 Å². The highest BCUT2D eigenvalue weighted by Crippen LogP contribution is 2.35. The summed E-state index contributed by atoms with van der Waals surface area (Å²) < 4.78 is 47.1. The van der Waals surface area contributed by atoms with Gasteiger partial charge in [0.05, 0.1) is 11.4 Å². The van der Waals surface area contributed by atoms with Crippen molar-refractivity contribution in [2.75, 3.05) is 21.9 Å². The Bertz CT molecular complexity index is 1470. The van der Waals surface area contributed by atoms with Gasteiger partial charge in [-0.2, -0.15) is 0 Å². The molecule has 0 spiro atoms. The SMILES string of the molecule is O=C(Nc1cccc(N2CCCS2(=O)=O)c1)c1sc2cccc(F)c2c1COc1ccccc1. The Labute approximate surface area is 200 Å². The van der Waals surface area contributed by atoms with Crippen molar-refractivity contribution in [3.63, 3.8) is 0 Å². The Kier molecular flexibility index (Phi) is 5.97. The maximum atomic E-state index is 14.7. The van der Waals surface area contributed by atoms with E-state index in [0.29, 0.717) is 50.6 Å². The standard InChI is InChI=1S/C25H21FN2O4S2/c26-21-11-5-12-22-23(21)20(16-32-19-9-2-1-3-10-19)24(33-22)25(29)27-17-7-4-8-18(15-17)28-13-6-14-34(28,30)31/h1-5,7-12,15H,6,13-14,16H2,(H,27,29). The molecule has 0 aliphatic carbocycles. The van der Waals surface area contributed by atoms with Crippen LogP contribution in [0.25, 0.3) is 10.1 Å². The summed E-state index contributed by atoms with van der Waals surface area (Å²) in [6.45, 7) is 0.441. The van der Waals surface area contributed by atoms with E-state index in [4.69, 9.17) is 4.74 Å². The molecular formula is C25H21FN2O4S2. The first-order valence-electron chi connectivity index (χ1n) is 10.7. The molecule has 3 aromatic carbocycles. The molecule has 1 amide bonds. The van der Waals surface area contributed by atoms with Crippen LogP contribution in [0.4, 0.5) is 15.8 Å². The van der Waals surface area contributed by atoms with Gasteiger partial charge in [0.15, 0.2) is 0 Å². The van der Waals surface area contributed by atoms with Gasteiger partial charge in [-0.05, 0) is 48.9 Å². The van der Waals surface area contributed by atoms with E-state index in [0.717, 1.165) is 0 Å². The van der Waals surface area contributed by atoms with Crippen molar-refractivity contribution in [3.05, 3.63) is 89.1 Å². The lowest BCUT2D eigenvalue weighted by Crippen LogP contribution is -2.25. The summed E-state index contributed by atoms with van der Waals surface area (Å²) in [5, 5.41) is 3.21. The number of ether oxygens (including phenoxy) is 1. The largest absolute Gasteiger partial charge is 0.489 e. The summed E-state index contributed by atoms with van der Waals surface area (Å²) in [4.78, 5) is 13.6. The van der Waals surface area contributed by atoms with Crippen LogP contribution in [0, 0.1) is 5.82 Å². The number of amides is 1. The number of halogens is 1. The lowest BCUT2D eigenvalue weighted by Gasteiger charge is -2.17. The zero-order valence-corrected chi connectivity index (χ0v) is 19.7. The summed E-state index contributed by atoms with van der Waals surface area (Å²) in [6, 6.07) is 20.6. The lowest BCUT2D eigenvalue weighted by molar-refractivity contribution is 0.102. The molecule has 0 atom stereocenters. The smallest absolute Gasteiger partial charge is 0.266 e. The Hall–Kier alpha value is -3.43. The molecule has 6 nitrogen and oxygen atoms in total. The van der Waals surface area contributed by atoms with Gasteiger partial charge in [-0.15, -0.1) is 11.3 Å². The zero-order chi connectivity index (χ0) is 23.7. The normalized spacial score (nSPS) is 14.9. The Morgan fingerprint density at radius 3 is 2.62 bits per heavy atom. The highest BCUT2D eigenvalue weighted by Gasteiger charge is 2.28. The monoisotopic (exact) mass is 496 g/mol. The number of carbonyl (C=O) groups is 1. The molecule has 174 valence electrons. The minimum atomic E-state index is -3.34. The number of rotatable bonds is 6. The minimum Gasteiger partial charge on any atom is -0.489 e. The molecule has 4 aromatic rings. The van der Waals surface area contributed by atoms with Crippen LogP contribution in [0.2, 0.25) is 0 Å². The second-order valence-corrected chi connectivity index (χ2v) is 10.9. The molecule has 0 radical (unpaired) electrons. The Morgan fingerprint density at radius 2 is 1.85 bits per heavy atom. The fraction of sp³-hybridized carbons (Fsp3) is 0.160. The van der Waals surface area contributed by atoms with Gasteiger partial charge in [0.25, 0.3) is 5.91 Å². The molecule has 1 aromatic heterocycles. The van der Waals surface area contributed by atoms with Crippen LogP contribution < -0.4 is 14.4 Å². The predicted octanol–water partition coefficient (Wildman–Crippen LogP) is 5.41. The second-order valence-electron chi connectivity index (χ2n) is 7.87. The van der Waals surface area contributed by atoms with Gasteiger partial charge in [0.1, 0.15) is 23.1 Å². The van der Waals surface area contributed by atoms with Crippen molar-refractivity contribution in [1.29, 1.82) is 0 Å². The first-order chi connectivity index (χ1) is 16.4. The van der Waals surface area contributed by atoms with Gasteiger partial charge in [-0.3, -0.25) is 9.10 Å². The molecule has 9 heteroatoms. The first kappa shape index (κ1) is 22.4. The number of hydrogen-bond donors (Lipinski definition) is 1. The number of hydrogen-bond acceptors (Lipinski definition) is 5. The van der Waals surface area contributed by atoms with Crippen molar-refractivity contribution >= 4 is 48.7 Å². The molecule has 34 heavy (non-hydrogen) atoms. The van der Waals surface area contributed by atoms with Gasteiger partial charge in [0.2, 0.25) is 10.0 Å². The van der Waals surface area contributed by atoms with Crippen molar-refractivity contribution < 1.29 is 22.3 Å². The number of benzene rings is 3. The topological polar surface area (TPSA) is 75.7 Å². The second kappa shape index (κ2) is 9.08. The van der Waals surface area contributed by atoms with Gasteiger partial charge in [-0.1, -0.05) is 30.3 Å². The van der Waals surface area contributed by atoms with Crippen LogP contribution in [0.3, 0.4) is 0 Å². The summed E-state index contributed by atoms with van der Waals surface area (Å²) in [5.74, 6) is -0.0970. The molecule has 1 saturated heterocycles. The first-order valence-corrected chi connectivity index (χ1v) is 13.1. The van der Waals surface area contributed by atoms with E-state index in [1.165, 1.54) is 21.7 Å². The Balaban J connectivity index is 1.45. The van der Waals surface area contributed by atoms with Crippen LogP contribution in [0.5, 0.6) is 5.75 Å². The third-order valence-corrected chi connectivity index (χ3v) is 8.65. The summed E-state index contributed by atoms with van der Waals surface area (Å²) in [5.41, 5.74) is 1.43. The highest BCUT2D eigenvalue weighted by atomic mass is 32.2. The molecule has 1 aliphatic rings. The molecule has 0 bridgehead atoms.